The van der Waals surface area contributed by atoms with Gasteiger partial charge in [-0.3, -0.25) is 0 Å². The zero-order chi connectivity index (χ0) is 12.2. The van der Waals surface area contributed by atoms with Crippen LogP contribution in [0, 0.1) is 0 Å². The van der Waals surface area contributed by atoms with Crippen LogP contribution in [0.2, 0.25) is 10.4 Å². The molecule has 0 bridgehead atoms. The van der Waals surface area contributed by atoms with Crippen molar-refractivity contribution in [3.63, 3.8) is 0 Å². The average molecular weight is 286 g/mol. The minimum absolute atomic E-state index is 0.352. The molecule has 0 saturated heterocycles. The number of carboxylic acid groups (broad SMARTS) is 2. The van der Waals surface area contributed by atoms with Crippen LogP contribution < -0.4 is 4.35 Å². The van der Waals surface area contributed by atoms with E-state index in [1.807, 2.05) is 0 Å². The van der Waals surface area contributed by atoms with E-state index in [1.165, 1.54) is 12.1 Å². The second-order valence-electron chi connectivity index (χ2n) is 3.33. The predicted octanol–water partition coefficient (Wildman–Crippen LogP) is 0.439. The summed E-state index contributed by atoms with van der Waals surface area (Å²) < 4.78 is 12.7. The Bertz CT molecular complexity index is 420. The maximum absolute atomic E-state index is 12.3. The van der Waals surface area contributed by atoms with E-state index in [-0.39, 0.29) is 0 Å². The molecule has 86 valence electrons. The summed E-state index contributed by atoms with van der Waals surface area (Å²) in [4.78, 5) is 21.2. The number of carbonyl (C=O) groups is 2. The Morgan fingerprint density at radius 1 is 1.00 bits per heavy atom. The van der Waals surface area contributed by atoms with Crippen molar-refractivity contribution in [1.29, 1.82) is 0 Å². The predicted molar refractivity (Wildman–Crippen MR) is 57.4 cm³/mol. The first-order valence-electron chi connectivity index (χ1n) is 4.51. The quantitative estimate of drug-likeness (QED) is 0.766. The van der Waals surface area contributed by atoms with Crippen molar-refractivity contribution in [1.82, 2.24) is 0 Å². The van der Waals surface area contributed by atoms with E-state index in [4.69, 9.17) is 10.2 Å². The van der Waals surface area contributed by atoms with Crippen molar-refractivity contribution in [2.75, 3.05) is 0 Å². The molecular weight excluding hydrogens is 275 g/mol. The average Bonchev–Trinajstić information content (AvgIpc) is 2.16. The normalized spacial score (nSPS) is 11.0. The fraction of sp³-hybridized carbons (Fsp3) is 0.200. The van der Waals surface area contributed by atoms with Crippen LogP contribution in [0.5, 0.6) is 0 Å². The third-order valence-corrected chi connectivity index (χ3v) is 7.89. The van der Waals surface area contributed by atoms with Gasteiger partial charge in [0, 0.05) is 0 Å². The summed E-state index contributed by atoms with van der Waals surface area (Å²) in [6, 6.07) is 7.98. The molecular formula is C10H11AsO5. The Morgan fingerprint density at radius 3 is 1.81 bits per heavy atom. The number of hydrogen-bond acceptors (Lipinski definition) is 3. The molecule has 1 aromatic rings. The number of hydrogen-bond donors (Lipinski definition) is 2. The molecule has 0 radical (unpaired) electrons. The number of rotatable bonds is 5. The van der Waals surface area contributed by atoms with Crippen LogP contribution in [0.4, 0.5) is 0 Å². The van der Waals surface area contributed by atoms with Gasteiger partial charge < -0.3 is 0 Å². The van der Waals surface area contributed by atoms with E-state index in [0.717, 1.165) is 0 Å². The summed E-state index contributed by atoms with van der Waals surface area (Å²) in [5, 5.41) is 16.2. The van der Waals surface area contributed by atoms with E-state index in [1.54, 1.807) is 18.2 Å². The van der Waals surface area contributed by atoms with Crippen molar-refractivity contribution in [3.8, 4) is 0 Å². The SMILES string of the molecule is O=C(O)C[As](=O)(CC(=O)O)c1ccccc1. The van der Waals surface area contributed by atoms with E-state index >= 15 is 0 Å². The molecule has 0 aliphatic rings. The molecule has 0 unspecified atom stereocenters. The first-order valence-corrected chi connectivity index (χ1v) is 8.87. The van der Waals surface area contributed by atoms with Gasteiger partial charge in [-0.15, -0.1) is 0 Å². The molecule has 0 aliphatic heterocycles. The van der Waals surface area contributed by atoms with Crippen LogP contribution in [-0.2, 0) is 13.3 Å². The van der Waals surface area contributed by atoms with E-state index in [0.29, 0.717) is 4.35 Å². The van der Waals surface area contributed by atoms with Crippen LogP contribution in [-0.4, -0.2) is 35.6 Å². The Kier molecular flexibility index (Phi) is 3.96. The monoisotopic (exact) mass is 286 g/mol. The standard InChI is InChI=1S/C10H11AsO5/c12-9(13)6-11(16,7-10(14)15)8-4-2-1-3-5-8/h1-5H,6-7H2,(H,12,13)(H,14,15). The molecule has 0 aromatic heterocycles. The van der Waals surface area contributed by atoms with Crippen LogP contribution in [0.3, 0.4) is 0 Å². The fourth-order valence-corrected chi connectivity index (χ4v) is 5.71. The van der Waals surface area contributed by atoms with Crippen molar-refractivity contribution in [3.05, 3.63) is 30.3 Å². The molecule has 2 N–H and O–H groups in total. The number of benzene rings is 1. The molecule has 16 heavy (non-hydrogen) atoms. The van der Waals surface area contributed by atoms with Gasteiger partial charge in [0.15, 0.2) is 0 Å². The minimum atomic E-state index is -4.08. The van der Waals surface area contributed by atoms with Gasteiger partial charge in [0.2, 0.25) is 0 Å². The second-order valence-corrected chi connectivity index (χ2v) is 9.47. The van der Waals surface area contributed by atoms with Crippen LogP contribution in [0.25, 0.3) is 0 Å². The van der Waals surface area contributed by atoms with Crippen molar-refractivity contribution >= 4 is 29.8 Å². The van der Waals surface area contributed by atoms with Gasteiger partial charge in [-0.1, -0.05) is 0 Å². The Balaban J connectivity index is 3.09. The van der Waals surface area contributed by atoms with Gasteiger partial charge in [0.1, 0.15) is 0 Å². The van der Waals surface area contributed by atoms with Gasteiger partial charge in [-0.2, -0.15) is 0 Å². The summed E-state index contributed by atoms with van der Waals surface area (Å²) in [5.74, 6) is -2.46. The van der Waals surface area contributed by atoms with Crippen molar-refractivity contribution in [2.45, 2.75) is 10.4 Å². The summed E-state index contributed by atoms with van der Waals surface area (Å²) in [5.41, 5.74) is 0. The maximum atomic E-state index is 12.3. The van der Waals surface area contributed by atoms with Gasteiger partial charge in [0.25, 0.3) is 0 Å². The molecule has 1 rings (SSSR count). The van der Waals surface area contributed by atoms with Gasteiger partial charge in [0.05, 0.1) is 0 Å². The first-order chi connectivity index (χ1) is 7.44. The third kappa shape index (κ3) is 3.28. The second kappa shape index (κ2) is 5.03. The van der Waals surface area contributed by atoms with E-state index in [2.05, 4.69) is 0 Å². The van der Waals surface area contributed by atoms with E-state index in [9.17, 15) is 13.3 Å². The van der Waals surface area contributed by atoms with E-state index < -0.39 is 35.8 Å². The first kappa shape index (κ1) is 12.6. The number of aliphatic carboxylic acids is 2. The Morgan fingerprint density at radius 2 is 1.44 bits per heavy atom. The fourth-order valence-electron chi connectivity index (χ4n) is 1.38. The van der Waals surface area contributed by atoms with Gasteiger partial charge >= 0.3 is 94.1 Å². The molecule has 1 aromatic carbocycles. The molecule has 0 amide bonds. The molecule has 0 saturated carbocycles. The van der Waals surface area contributed by atoms with Crippen molar-refractivity contribution in [2.24, 2.45) is 0 Å². The van der Waals surface area contributed by atoms with Gasteiger partial charge in [-0.05, 0) is 0 Å². The van der Waals surface area contributed by atoms with Crippen LogP contribution in [0.15, 0.2) is 30.3 Å². The van der Waals surface area contributed by atoms with Crippen molar-refractivity contribution < 1.29 is 23.5 Å². The van der Waals surface area contributed by atoms with Gasteiger partial charge in [-0.25, -0.2) is 0 Å². The molecule has 6 heteroatoms. The Labute approximate surface area is 94.4 Å². The molecule has 0 aliphatic carbocycles. The molecule has 0 atom stereocenters. The summed E-state index contributed by atoms with van der Waals surface area (Å²) in [6.07, 6.45) is 0. The third-order valence-electron chi connectivity index (χ3n) is 2.01. The topological polar surface area (TPSA) is 91.7 Å². The molecule has 0 spiro atoms. The summed E-state index contributed by atoms with van der Waals surface area (Å²) >= 11 is -4.08. The zero-order valence-corrected chi connectivity index (χ0v) is 10.2. The number of carboxylic acids is 2. The molecule has 5 nitrogen and oxygen atoms in total. The zero-order valence-electron chi connectivity index (χ0n) is 8.37. The molecule has 0 fully saturated rings. The molecule has 0 heterocycles. The summed E-state index contributed by atoms with van der Waals surface area (Å²) in [7, 11) is 0. The van der Waals surface area contributed by atoms with Crippen LogP contribution in [0.1, 0.15) is 0 Å². The summed E-state index contributed by atoms with van der Waals surface area (Å²) in [6.45, 7) is 0. The van der Waals surface area contributed by atoms with Crippen LogP contribution >= 0.6 is 0 Å². The Hall–Kier alpha value is -1.48.